The lowest BCUT2D eigenvalue weighted by molar-refractivity contribution is -0.249. The Bertz CT molecular complexity index is 1970. The van der Waals surface area contributed by atoms with E-state index in [0.717, 1.165) is 0 Å². The van der Waals surface area contributed by atoms with Gasteiger partial charge in [0, 0.05) is 67.6 Å². The molecule has 0 spiro atoms. The highest BCUT2D eigenvalue weighted by Gasteiger charge is 2.50. The van der Waals surface area contributed by atoms with Gasteiger partial charge >= 0.3 is 0 Å². The first kappa shape index (κ1) is 42.2. The first-order valence-electron chi connectivity index (χ1n) is 18.8. The van der Waals surface area contributed by atoms with E-state index in [1.807, 2.05) is 0 Å². The Morgan fingerprint density at radius 2 is 1.81 bits per heavy atom. The van der Waals surface area contributed by atoms with Crippen molar-refractivity contribution in [2.45, 2.75) is 99.8 Å². The van der Waals surface area contributed by atoms with E-state index in [0.29, 0.717) is 31.6 Å². The molecule has 3 amide bonds. The van der Waals surface area contributed by atoms with Crippen LogP contribution in [0.4, 0.5) is 0 Å². The normalized spacial score (nSPS) is 26.9. The number of aromatic hydroxyl groups is 2. The molecule has 0 saturated carbocycles. The third-order valence-electron chi connectivity index (χ3n) is 11.0. The molecule has 2 saturated heterocycles. The van der Waals surface area contributed by atoms with Gasteiger partial charge in [-0.15, -0.1) is 11.8 Å². The van der Waals surface area contributed by atoms with Gasteiger partial charge in [0.1, 0.15) is 35.6 Å². The zero-order valence-corrected chi connectivity index (χ0v) is 32.3. The molecule has 6 rings (SSSR count). The molecule has 2 heterocycles. The molecule has 57 heavy (non-hydrogen) atoms. The summed E-state index contributed by atoms with van der Waals surface area (Å²) in [7, 11) is 1.30. The highest BCUT2D eigenvalue weighted by Crippen LogP contribution is 2.52. The fourth-order valence-electron chi connectivity index (χ4n) is 8.10. The summed E-state index contributed by atoms with van der Waals surface area (Å²) in [5, 5.41) is 58.0. The number of nitrogens with two attached hydrogens (primary N) is 1. The van der Waals surface area contributed by atoms with Crippen LogP contribution in [0.1, 0.15) is 101 Å². The van der Waals surface area contributed by atoms with Crippen LogP contribution in [0.3, 0.4) is 0 Å². The molecule has 2 aliphatic heterocycles. The number of nitrogens with one attached hydrogen (secondary N) is 1. The molecule has 17 nitrogen and oxygen atoms in total. The Morgan fingerprint density at radius 1 is 1.07 bits per heavy atom. The van der Waals surface area contributed by atoms with Crippen LogP contribution in [-0.4, -0.2) is 133 Å². The summed E-state index contributed by atoms with van der Waals surface area (Å²) < 4.78 is 17.5. The summed E-state index contributed by atoms with van der Waals surface area (Å²) in [6.07, 6.45) is -4.44. The van der Waals surface area contributed by atoms with E-state index < -0.39 is 107 Å². The maximum atomic E-state index is 13.9. The quantitative estimate of drug-likeness (QED) is 0.0627. The van der Waals surface area contributed by atoms with Crippen LogP contribution in [0.25, 0.3) is 0 Å². The number of nitrogens with zero attached hydrogens (tertiary/aromatic N) is 1. The highest BCUT2D eigenvalue weighted by atomic mass is 32.2. The standard InChI is InChI=1S/C39H47N3O14S/c1-18-33(47)21(41-26(45)9-4-3-5-11-42-27(46)14-24(38(42)52)57-12-10-40)13-28(55-18)56-23-16-39(53,25(44)17-43)15-20-30(23)37(51)32-31(35(20)49)34(48)19-7-6-8-22(54-2)29(19)36(32)50/h6-8,18,21,23-24,28,33,43,47,49,51,53H,3-5,9-17,40H2,1-2H3,(H,41,45)/t18-,21-,23-,24?,28-,33+,39-/m0/s1. The average Bonchev–Trinajstić information content (AvgIpc) is 3.45. The van der Waals surface area contributed by atoms with E-state index in [9.17, 15) is 54.3 Å². The molecule has 2 aromatic carbocycles. The number of hydrogen-bond donors (Lipinski definition) is 7. The van der Waals surface area contributed by atoms with Crippen LogP contribution in [0.15, 0.2) is 18.2 Å². The largest absolute Gasteiger partial charge is 0.507 e. The molecule has 0 radical (unpaired) electrons. The summed E-state index contributed by atoms with van der Waals surface area (Å²) >= 11 is 1.37. The Morgan fingerprint density at radius 3 is 2.51 bits per heavy atom. The second kappa shape index (κ2) is 17.2. The van der Waals surface area contributed by atoms with E-state index >= 15 is 0 Å². The number of phenolic OH excluding ortho intramolecular Hbond substituents is 2. The van der Waals surface area contributed by atoms with Gasteiger partial charge in [-0.05, 0) is 25.8 Å². The number of ketones is 3. The lowest BCUT2D eigenvalue weighted by Gasteiger charge is -2.43. The van der Waals surface area contributed by atoms with Crippen LogP contribution in [0.2, 0.25) is 0 Å². The molecule has 308 valence electrons. The summed E-state index contributed by atoms with van der Waals surface area (Å²) in [6.45, 7) is 1.11. The van der Waals surface area contributed by atoms with Gasteiger partial charge in [0.2, 0.25) is 23.5 Å². The van der Waals surface area contributed by atoms with Crippen molar-refractivity contribution in [2.75, 3.05) is 32.6 Å². The summed E-state index contributed by atoms with van der Waals surface area (Å²) in [4.78, 5) is 79.8. The van der Waals surface area contributed by atoms with Gasteiger partial charge < -0.3 is 50.8 Å². The number of carbonyl (C=O) groups excluding carboxylic acids is 6. The zero-order valence-electron chi connectivity index (χ0n) is 31.5. The number of Topliss-reactive ketones (excluding diaryl/α,β-unsaturated/α-hetero) is 1. The van der Waals surface area contributed by atoms with Crippen molar-refractivity contribution in [1.82, 2.24) is 10.2 Å². The number of rotatable bonds is 15. The Hall–Kier alpha value is -4.43. The number of methoxy groups -OCH3 is 1. The number of likely N-dealkylation sites (tertiary alicyclic amines) is 1. The smallest absolute Gasteiger partial charge is 0.242 e. The predicted molar refractivity (Wildman–Crippen MR) is 201 cm³/mol. The number of ether oxygens (including phenoxy) is 3. The van der Waals surface area contributed by atoms with E-state index in [4.69, 9.17) is 19.9 Å². The monoisotopic (exact) mass is 813 g/mol. The number of imide groups is 1. The molecule has 4 aliphatic rings. The Balaban J connectivity index is 1.17. The second-order valence-electron chi connectivity index (χ2n) is 14.7. The van der Waals surface area contributed by atoms with E-state index in [1.54, 1.807) is 0 Å². The van der Waals surface area contributed by atoms with Crippen LogP contribution in [0, 0.1) is 0 Å². The number of amides is 3. The maximum absolute atomic E-state index is 13.9. The highest BCUT2D eigenvalue weighted by molar-refractivity contribution is 8.00. The average molecular weight is 814 g/mol. The molecule has 7 atom stereocenters. The van der Waals surface area contributed by atoms with Gasteiger partial charge in [-0.25, -0.2) is 0 Å². The molecular weight excluding hydrogens is 767 g/mol. The number of aliphatic hydroxyl groups excluding tert-OH is 2. The molecule has 0 aromatic heterocycles. The third-order valence-corrected chi connectivity index (χ3v) is 12.3. The van der Waals surface area contributed by atoms with Gasteiger partial charge in [0.25, 0.3) is 0 Å². The fraction of sp³-hybridized carbons (Fsp3) is 0.538. The minimum Gasteiger partial charge on any atom is -0.507 e. The van der Waals surface area contributed by atoms with Gasteiger partial charge in [-0.1, -0.05) is 18.6 Å². The molecule has 8 N–H and O–H groups in total. The first-order chi connectivity index (χ1) is 27.1. The van der Waals surface area contributed by atoms with Gasteiger partial charge in [0.15, 0.2) is 17.9 Å². The molecule has 2 aliphatic carbocycles. The third kappa shape index (κ3) is 8.04. The summed E-state index contributed by atoms with van der Waals surface area (Å²) in [5.41, 5.74) is 1.45. The molecular formula is C39H47N3O14S. The van der Waals surface area contributed by atoms with E-state index in [2.05, 4.69) is 5.32 Å². The molecule has 18 heteroatoms. The molecule has 2 fully saturated rings. The Kier molecular flexibility index (Phi) is 12.7. The first-order valence-corrected chi connectivity index (χ1v) is 19.9. The van der Waals surface area contributed by atoms with Gasteiger partial charge in [0.05, 0.1) is 47.3 Å². The van der Waals surface area contributed by atoms with Crippen LogP contribution in [0.5, 0.6) is 17.2 Å². The number of hydrogen-bond acceptors (Lipinski definition) is 16. The van der Waals surface area contributed by atoms with Gasteiger partial charge in [-0.2, -0.15) is 0 Å². The topological polar surface area (TPSA) is 273 Å². The van der Waals surface area contributed by atoms with Crippen LogP contribution >= 0.6 is 11.8 Å². The van der Waals surface area contributed by atoms with Crippen LogP contribution < -0.4 is 15.8 Å². The van der Waals surface area contributed by atoms with Crippen molar-refractivity contribution in [3.05, 3.63) is 51.6 Å². The fourth-order valence-corrected chi connectivity index (χ4v) is 9.05. The van der Waals surface area contributed by atoms with Crippen molar-refractivity contribution in [3.8, 4) is 17.2 Å². The van der Waals surface area contributed by atoms with Crippen molar-refractivity contribution in [3.63, 3.8) is 0 Å². The number of unbranched alkanes of at least 4 members (excludes halogenated alkanes) is 2. The van der Waals surface area contributed by atoms with Crippen molar-refractivity contribution >= 4 is 46.8 Å². The maximum Gasteiger partial charge on any atom is 0.242 e. The predicted octanol–water partition coefficient (Wildman–Crippen LogP) is 0.539. The van der Waals surface area contributed by atoms with E-state index in [-0.39, 0.29) is 65.6 Å². The van der Waals surface area contributed by atoms with Crippen molar-refractivity contribution in [2.24, 2.45) is 5.73 Å². The zero-order chi connectivity index (χ0) is 41.3. The Labute approximate surface area is 331 Å². The minimum atomic E-state index is -2.35. The SMILES string of the molecule is COc1cccc2c1C(=O)c1c(O)c3c(c(O)c1C2=O)C[C@@](O)(C(=O)CO)C[C@@H]3O[C@H]1C[C@H](NC(=O)CCCCCN2C(=O)CC(SCCN)C2=O)[C@H](O)[C@H](C)O1. The number of aliphatic hydroxyl groups is 3. The second-order valence-corrected chi connectivity index (χ2v) is 16.0. The number of benzene rings is 2. The molecule has 2 aromatic rings. The summed E-state index contributed by atoms with van der Waals surface area (Å²) in [6, 6.07) is 3.40. The molecule has 1 unspecified atom stereocenters. The number of thioether (sulfide) groups is 1. The number of phenols is 2. The molecule has 0 bridgehead atoms. The lowest BCUT2D eigenvalue weighted by Crippen LogP contribution is -2.55. The van der Waals surface area contributed by atoms with Crippen LogP contribution in [-0.2, 0) is 35.1 Å². The van der Waals surface area contributed by atoms with Gasteiger partial charge in [-0.3, -0.25) is 33.7 Å². The minimum absolute atomic E-state index is 0.0572. The van der Waals surface area contributed by atoms with Crippen molar-refractivity contribution in [1.29, 1.82) is 0 Å². The van der Waals surface area contributed by atoms with E-state index in [1.165, 1.54) is 48.9 Å². The summed E-state index contributed by atoms with van der Waals surface area (Å²) in [5.74, 6) is -4.35. The number of fused-ring (bicyclic) bond motifs is 3. The van der Waals surface area contributed by atoms with Crippen molar-refractivity contribution < 1.29 is 68.5 Å². The lowest BCUT2D eigenvalue weighted by atomic mass is 9.72. The number of carbonyl (C=O) groups is 6.